The van der Waals surface area contributed by atoms with Crippen molar-refractivity contribution < 1.29 is 4.74 Å². The Hall–Kier alpha value is -2.30. The Morgan fingerprint density at radius 1 is 1.04 bits per heavy atom. The largest absolute Gasteiger partial charge is 0.495 e. The van der Waals surface area contributed by atoms with Crippen LogP contribution in [0.4, 0.5) is 17.5 Å². The summed E-state index contributed by atoms with van der Waals surface area (Å²) in [4.78, 5) is 9.14. The second kappa shape index (κ2) is 7.99. The van der Waals surface area contributed by atoms with Gasteiger partial charge in [-0.3, -0.25) is 0 Å². The van der Waals surface area contributed by atoms with Crippen LogP contribution in [0.25, 0.3) is 0 Å². The highest BCUT2D eigenvalue weighted by Gasteiger charge is 2.13. The van der Waals surface area contributed by atoms with Gasteiger partial charge in [-0.05, 0) is 31.9 Å². The predicted molar refractivity (Wildman–Crippen MR) is 98.2 cm³/mol. The summed E-state index contributed by atoms with van der Waals surface area (Å²) in [6.07, 6.45) is 7.74. The third-order valence-electron chi connectivity index (χ3n) is 4.41. The van der Waals surface area contributed by atoms with E-state index in [0.717, 1.165) is 22.9 Å². The number of rotatable bonds is 5. The molecule has 128 valence electrons. The summed E-state index contributed by atoms with van der Waals surface area (Å²) in [6.45, 7) is 1.99. The van der Waals surface area contributed by atoms with Crippen LogP contribution in [0.3, 0.4) is 0 Å². The lowest BCUT2D eigenvalue weighted by Crippen LogP contribution is -2.19. The molecule has 1 aromatic carbocycles. The Bertz CT molecular complexity index is 666. The smallest absolute Gasteiger partial charge is 0.229 e. The average Bonchev–Trinajstić information content (AvgIpc) is 2.83. The van der Waals surface area contributed by atoms with Gasteiger partial charge in [0.05, 0.1) is 12.8 Å². The summed E-state index contributed by atoms with van der Waals surface area (Å²) in [7, 11) is 1.66. The number of methoxy groups -OCH3 is 1. The predicted octanol–water partition coefficient (Wildman–Crippen LogP) is 4.67. The maximum atomic E-state index is 5.38. The molecule has 1 aliphatic rings. The lowest BCUT2D eigenvalue weighted by atomic mass is 10.1. The Labute approximate surface area is 143 Å². The van der Waals surface area contributed by atoms with E-state index in [1.54, 1.807) is 7.11 Å². The van der Waals surface area contributed by atoms with Crippen molar-refractivity contribution in [1.82, 2.24) is 9.97 Å². The van der Waals surface area contributed by atoms with Crippen LogP contribution in [-0.2, 0) is 0 Å². The molecular weight excluding hydrogens is 300 g/mol. The maximum absolute atomic E-state index is 5.38. The summed E-state index contributed by atoms with van der Waals surface area (Å²) in [5.74, 6) is 2.27. The van der Waals surface area contributed by atoms with Gasteiger partial charge in [0, 0.05) is 17.8 Å². The van der Waals surface area contributed by atoms with E-state index in [1.165, 1.54) is 38.5 Å². The van der Waals surface area contributed by atoms with Crippen LogP contribution >= 0.6 is 0 Å². The first-order chi connectivity index (χ1) is 11.7. The number of aromatic nitrogens is 2. The molecule has 0 bridgehead atoms. The van der Waals surface area contributed by atoms with Crippen LogP contribution in [-0.4, -0.2) is 23.1 Å². The fourth-order valence-electron chi connectivity index (χ4n) is 3.20. The Morgan fingerprint density at radius 2 is 1.79 bits per heavy atom. The molecule has 0 saturated heterocycles. The number of hydrogen-bond acceptors (Lipinski definition) is 5. The monoisotopic (exact) mass is 326 g/mol. The molecule has 0 amide bonds. The van der Waals surface area contributed by atoms with Gasteiger partial charge in [-0.15, -0.1) is 0 Å². The van der Waals surface area contributed by atoms with Crippen LogP contribution < -0.4 is 15.4 Å². The number of anilines is 3. The molecule has 3 rings (SSSR count). The summed E-state index contributed by atoms with van der Waals surface area (Å²) in [6, 6.07) is 10.3. The first-order valence-corrected chi connectivity index (χ1v) is 8.77. The maximum Gasteiger partial charge on any atom is 0.229 e. The molecule has 0 unspecified atom stereocenters. The van der Waals surface area contributed by atoms with Gasteiger partial charge in [0.1, 0.15) is 11.6 Å². The van der Waals surface area contributed by atoms with Gasteiger partial charge in [0.2, 0.25) is 5.95 Å². The zero-order chi connectivity index (χ0) is 16.8. The molecule has 2 N–H and O–H groups in total. The van der Waals surface area contributed by atoms with E-state index >= 15 is 0 Å². The van der Waals surface area contributed by atoms with Crippen molar-refractivity contribution in [1.29, 1.82) is 0 Å². The molecular formula is C19H26N4O. The van der Waals surface area contributed by atoms with Gasteiger partial charge < -0.3 is 15.4 Å². The highest BCUT2D eigenvalue weighted by molar-refractivity contribution is 5.63. The average molecular weight is 326 g/mol. The molecule has 0 radical (unpaired) electrons. The summed E-state index contributed by atoms with van der Waals surface area (Å²) >= 11 is 0. The molecule has 5 heteroatoms. The summed E-state index contributed by atoms with van der Waals surface area (Å²) in [5, 5.41) is 6.86. The molecule has 1 saturated carbocycles. The van der Waals surface area contributed by atoms with Crippen molar-refractivity contribution in [3.05, 3.63) is 36.0 Å². The summed E-state index contributed by atoms with van der Waals surface area (Å²) in [5.41, 5.74) is 1.81. The van der Waals surface area contributed by atoms with E-state index < -0.39 is 0 Å². The second-order valence-corrected chi connectivity index (χ2v) is 6.38. The third kappa shape index (κ3) is 4.37. The van der Waals surface area contributed by atoms with E-state index in [0.29, 0.717) is 12.0 Å². The van der Waals surface area contributed by atoms with Crippen molar-refractivity contribution in [3.63, 3.8) is 0 Å². The van der Waals surface area contributed by atoms with Crippen LogP contribution in [0.5, 0.6) is 5.75 Å². The fourth-order valence-corrected chi connectivity index (χ4v) is 3.20. The molecule has 0 spiro atoms. The molecule has 1 aliphatic carbocycles. The van der Waals surface area contributed by atoms with Crippen molar-refractivity contribution in [2.45, 2.75) is 51.5 Å². The zero-order valence-electron chi connectivity index (χ0n) is 14.5. The second-order valence-electron chi connectivity index (χ2n) is 6.38. The number of para-hydroxylation sites is 2. The number of nitrogens with one attached hydrogen (secondary N) is 2. The Kier molecular flexibility index (Phi) is 5.51. The lowest BCUT2D eigenvalue weighted by Gasteiger charge is -2.18. The SMILES string of the molecule is COc1ccccc1Nc1nc(C)cc(NC2CCCCCC2)n1. The molecule has 24 heavy (non-hydrogen) atoms. The number of aryl methyl sites for hydroxylation is 1. The lowest BCUT2D eigenvalue weighted by molar-refractivity contribution is 0.417. The fraction of sp³-hybridized carbons (Fsp3) is 0.474. The molecule has 0 atom stereocenters. The van der Waals surface area contributed by atoms with Crippen LogP contribution in [0.1, 0.15) is 44.2 Å². The molecule has 1 aromatic heterocycles. The minimum Gasteiger partial charge on any atom is -0.495 e. The van der Waals surface area contributed by atoms with Crippen molar-refractivity contribution in [2.75, 3.05) is 17.7 Å². The van der Waals surface area contributed by atoms with E-state index in [-0.39, 0.29) is 0 Å². The first-order valence-electron chi connectivity index (χ1n) is 8.77. The number of ether oxygens (including phenoxy) is 1. The van der Waals surface area contributed by atoms with Gasteiger partial charge in [-0.25, -0.2) is 4.98 Å². The van der Waals surface area contributed by atoms with E-state index in [2.05, 4.69) is 20.6 Å². The first kappa shape index (κ1) is 16.6. The number of nitrogens with zero attached hydrogens (tertiary/aromatic N) is 2. The van der Waals surface area contributed by atoms with Gasteiger partial charge in [0.25, 0.3) is 0 Å². The number of benzene rings is 1. The standard InChI is InChI=1S/C19H26N4O/c1-14-13-18(21-15-9-5-3-4-6-10-15)23-19(20-14)22-16-11-7-8-12-17(16)24-2/h7-8,11-13,15H,3-6,9-10H2,1-2H3,(H2,20,21,22,23). The molecule has 0 aliphatic heterocycles. The Morgan fingerprint density at radius 3 is 2.54 bits per heavy atom. The number of hydrogen-bond donors (Lipinski definition) is 2. The normalized spacial score (nSPS) is 15.6. The van der Waals surface area contributed by atoms with Crippen LogP contribution in [0.2, 0.25) is 0 Å². The molecule has 5 nitrogen and oxygen atoms in total. The van der Waals surface area contributed by atoms with Gasteiger partial charge in [-0.2, -0.15) is 4.98 Å². The molecule has 2 aromatic rings. The van der Waals surface area contributed by atoms with Crippen molar-refractivity contribution in [2.24, 2.45) is 0 Å². The van der Waals surface area contributed by atoms with Gasteiger partial charge in [0.15, 0.2) is 0 Å². The van der Waals surface area contributed by atoms with E-state index in [4.69, 9.17) is 4.74 Å². The zero-order valence-corrected chi connectivity index (χ0v) is 14.5. The summed E-state index contributed by atoms with van der Waals surface area (Å²) < 4.78 is 5.38. The van der Waals surface area contributed by atoms with Gasteiger partial charge in [-0.1, -0.05) is 37.8 Å². The minimum atomic E-state index is 0.515. The van der Waals surface area contributed by atoms with Crippen LogP contribution in [0, 0.1) is 6.92 Å². The van der Waals surface area contributed by atoms with Crippen molar-refractivity contribution >= 4 is 17.5 Å². The highest BCUT2D eigenvalue weighted by atomic mass is 16.5. The molecule has 1 fully saturated rings. The molecule has 1 heterocycles. The topological polar surface area (TPSA) is 59.1 Å². The van der Waals surface area contributed by atoms with E-state index in [9.17, 15) is 0 Å². The quantitative estimate of drug-likeness (QED) is 0.782. The highest BCUT2D eigenvalue weighted by Crippen LogP contribution is 2.26. The Balaban J connectivity index is 1.75. The van der Waals surface area contributed by atoms with Gasteiger partial charge >= 0.3 is 0 Å². The minimum absolute atomic E-state index is 0.515. The van der Waals surface area contributed by atoms with E-state index in [1.807, 2.05) is 37.3 Å². The van der Waals surface area contributed by atoms with Crippen LogP contribution in [0.15, 0.2) is 30.3 Å². The third-order valence-corrected chi connectivity index (χ3v) is 4.41. The van der Waals surface area contributed by atoms with Crippen molar-refractivity contribution in [3.8, 4) is 5.75 Å².